The minimum atomic E-state index is 0.938. The van der Waals surface area contributed by atoms with Gasteiger partial charge in [-0.3, -0.25) is 4.90 Å². The van der Waals surface area contributed by atoms with Gasteiger partial charge in [-0.25, -0.2) is 0 Å². The maximum atomic E-state index is 5.77. The number of nitrogens with one attached hydrogen (secondary N) is 1. The summed E-state index contributed by atoms with van der Waals surface area (Å²) in [6, 6.07) is 2.11. The zero-order chi connectivity index (χ0) is 9.97. The smallest absolute Gasteiger partial charge is 0.0862 e. The Bertz CT molecular complexity index is 302. The normalized spacial score (nSPS) is 18.6. The molecule has 4 heteroatoms. The highest BCUT2D eigenvalue weighted by Crippen LogP contribution is 2.24. The molecule has 0 bridgehead atoms. The Morgan fingerprint density at radius 3 is 2.79 bits per heavy atom. The van der Waals surface area contributed by atoms with Crippen LogP contribution in [0.3, 0.4) is 0 Å². The van der Waals surface area contributed by atoms with Crippen molar-refractivity contribution in [1.29, 1.82) is 0 Å². The van der Waals surface area contributed by atoms with E-state index in [4.69, 9.17) is 5.73 Å². The first-order chi connectivity index (χ1) is 6.75. The third kappa shape index (κ3) is 2.26. The molecule has 0 unspecified atom stereocenters. The van der Waals surface area contributed by atoms with Crippen molar-refractivity contribution in [3.05, 3.63) is 16.5 Å². The fraction of sp³-hybridized carbons (Fsp3) is 0.600. The first kappa shape index (κ1) is 9.96. The summed E-state index contributed by atoms with van der Waals surface area (Å²) in [5, 5.41) is 4.29. The van der Waals surface area contributed by atoms with Gasteiger partial charge in [-0.2, -0.15) is 0 Å². The van der Waals surface area contributed by atoms with Gasteiger partial charge in [0, 0.05) is 37.6 Å². The van der Waals surface area contributed by atoms with Crippen molar-refractivity contribution in [2.45, 2.75) is 13.5 Å². The number of anilines is 1. The van der Waals surface area contributed by atoms with Gasteiger partial charge in [-0.05, 0) is 18.6 Å². The molecule has 1 aliphatic rings. The number of nitrogens with two attached hydrogens (primary N) is 1. The predicted molar refractivity (Wildman–Crippen MR) is 61.6 cm³/mol. The van der Waals surface area contributed by atoms with E-state index in [1.54, 1.807) is 11.3 Å². The molecule has 3 N–H and O–H groups in total. The summed E-state index contributed by atoms with van der Waals surface area (Å²) in [6.07, 6.45) is 0. The van der Waals surface area contributed by atoms with Crippen LogP contribution in [0.1, 0.15) is 10.4 Å². The zero-order valence-corrected chi connectivity index (χ0v) is 9.36. The lowest BCUT2D eigenvalue weighted by Gasteiger charge is -2.27. The minimum Gasteiger partial charge on any atom is -0.391 e. The van der Waals surface area contributed by atoms with E-state index in [2.05, 4.69) is 23.2 Å². The van der Waals surface area contributed by atoms with Crippen molar-refractivity contribution in [3.63, 3.8) is 0 Å². The average molecular weight is 211 g/mol. The number of rotatable bonds is 2. The standard InChI is InChI=1S/C10H17N3S/c1-8-9(6-10(11)14-8)7-13-4-2-12-3-5-13/h6,12H,2-5,7,11H2,1H3. The fourth-order valence-electron chi connectivity index (χ4n) is 1.81. The Morgan fingerprint density at radius 1 is 1.50 bits per heavy atom. The molecular formula is C10H17N3S. The fourth-order valence-corrected chi connectivity index (χ4v) is 2.62. The first-order valence-corrected chi connectivity index (χ1v) is 5.85. The van der Waals surface area contributed by atoms with Gasteiger partial charge < -0.3 is 11.1 Å². The summed E-state index contributed by atoms with van der Waals surface area (Å²) in [7, 11) is 0. The first-order valence-electron chi connectivity index (χ1n) is 5.03. The second kappa shape index (κ2) is 4.29. The number of aryl methyl sites for hydroxylation is 1. The summed E-state index contributed by atoms with van der Waals surface area (Å²) in [4.78, 5) is 3.84. The number of hydrogen-bond donors (Lipinski definition) is 2. The summed E-state index contributed by atoms with van der Waals surface area (Å²) < 4.78 is 0. The molecule has 1 fully saturated rings. The topological polar surface area (TPSA) is 41.3 Å². The van der Waals surface area contributed by atoms with Crippen molar-refractivity contribution >= 4 is 16.3 Å². The molecule has 78 valence electrons. The quantitative estimate of drug-likeness (QED) is 0.768. The van der Waals surface area contributed by atoms with Crippen LogP contribution in [0, 0.1) is 6.92 Å². The van der Waals surface area contributed by atoms with E-state index in [1.807, 2.05) is 0 Å². The van der Waals surface area contributed by atoms with E-state index in [0.717, 1.165) is 37.7 Å². The zero-order valence-electron chi connectivity index (χ0n) is 8.55. The molecule has 1 saturated heterocycles. The van der Waals surface area contributed by atoms with Gasteiger partial charge in [0.15, 0.2) is 0 Å². The maximum Gasteiger partial charge on any atom is 0.0862 e. The van der Waals surface area contributed by atoms with Crippen LogP contribution in [0.4, 0.5) is 5.00 Å². The van der Waals surface area contributed by atoms with E-state index in [0.29, 0.717) is 0 Å². The van der Waals surface area contributed by atoms with Crippen molar-refractivity contribution in [2.24, 2.45) is 0 Å². The lowest BCUT2D eigenvalue weighted by molar-refractivity contribution is 0.233. The summed E-state index contributed by atoms with van der Waals surface area (Å²) in [5.41, 5.74) is 7.17. The molecule has 3 nitrogen and oxygen atoms in total. The predicted octanol–water partition coefficient (Wildman–Crippen LogP) is 1.04. The molecule has 0 radical (unpaired) electrons. The molecule has 0 saturated carbocycles. The number of piperazine rings is 1. The largest absolute Gasteiger partial charge is 0.391 e. The lowest BCUT2D eigenvalue weighted by Crippen LogP contribution is -2.42. The Balaban J connectivity index is 1.98. The van der Waals surface area contributed by atoms with E-state index in [9.17, 15) is 0 Å². The number of thiophene rings is 1. The van der Waals surface area contributed by atoms with Crippen LogP contribution in [-0.2, 0) is 6.54 Å². The van der Waals surface area contributed by atoms with Crippen molar-refractivity contribution in [1.82, 2.24) is 10.2 Å². The molecule has 0 aliphatic carbocycles. The van der Waals surface area contributed by atoms with Crippen LogP contribution in [0.15, 0.2) is 6.07 Å². The highest BCUT2D eigenvalue weighted by molar-refractivity contribution is 7.16. The SMILES string of the molecule is Cc1sc(N)cc1CN1CCNCC1. The van der Waals surface area contributed by atoms with Crippen LogP contribution in [0.25, 0.3) is 0 Å². The summed E-state index contributed by atoms with van der Waals surface area (Å²) in [5.74, 6) is 0. The van der Waals surface area contributed by atoms with Crippen LogP contribution < -0.4 is 11.1 Å². The Morgan fingerprint density at radius 2 is 2.21 bits per heavy atom. The van der Waals surface area contributed by atoms with Crippen LogP contribution in [0.2, 0.25) is 0 Å². The third-order valence-corrected chi connectivity index (χ3v) is 3.57. The third-order valence-electron chi connectivity index (χ3n) is 2.64. The molecule has 1 aromatic rings. The minimum absolute atomic E-state index is 0.938. The summed E-state index contributed by atoms with van der Waals surface area (Å²) >= 11 is 1.69. The highest BCUT2D eigenvalue weighted by Gasteiger charge is 2.12. The highest BCUT2D eigenvalue weighted by atomic mass is 32.1. The van der Waals surface area contributed by atoms with Crippen molar-refractivity contribution in [3.8, 4) is 0 Å². The Kier molecular flexibility index (Phi) is 3.05. The molecule has 0 atom stereocenters. The monoisotopic (exact) mass is 211 g/mol. The molecule has 0 spiro atoms. The van der Waals surface area contributed by atoms with Crippen molar-refractivity contribution < 1.29 is 0 Å². The Hall–Kier alpha value is -0.580. The van der Waals surface area contributed by atoms with Gasteiger partial charge in [0.2, 0.25) is 0 Å². The van der Waals surface area contributed by atoms with Gasteiger partial charge in [-0.1, -0.05) is 0 Å². The number of nitrogens with zero attached hydrogens (tertiary/aromatic N) is 1. The molecule has 1 aliphatic heterocycles. The van der Waals surface area contributed by atoms with Gasteiger partial charge in [0.05, 0.1) is 5.00 Å². The van der Waals surface area contributed by atoms with Crippen molar-refractivity contribution in [2.75, 3.05) is 31.9 Å². The maximum absolute atomic E-state index is 5.77. The van der Waals surface area contributed by atoms with Gasteiger partial charge in [0.1, 0.15) is 0 Å². The second-order valence-corrected chi connectivity index (χ2v) is 5.04. The van der Waals surface area contributed by atoms with Gasteiger partial charge in [0.25, 0.3) is 0 Å². The number of nitrogen functional groups attached to an aromatic ring is 1. The molecule has 2 heterocycles. The van der Waals surface area contributed by atoms with E-state index >= 15 is 0 Å². The van der Waals surface area contributed by atoms with E-state index < -0.39 is 0 Å². The molecular weight excluding hydrogens is 194 g/mol. The molecule has 0 aromatic carbocycles. The molecule has 0 amide bonds. The summed E-state index contributed by atoms with van der Waals surface area (Å²) in [6.45, 7) is 7.72. The van der Waals surface area contributed by atoms with Crippen LogP contribution >= 0.6 is 11.3 Å². The molecule has 1 aromatic heterocycles. The Labute approximate surface area is 88.9 Å². The van der Waals surface area contributed by atoms with Gasteiger partial charge in [-0.15, -0.1) is 11.3 Å². The van der Waals surface area contributed by atoms with E-state index in [1.165, 1.54) is 10.4 Å². The number of hydrogen-bond acceptors (Lipinski definition) is 4. The second-order valence-electron chi connectivity index (χ2n) is 3.76. The van der Waals surface area contributed by atoms with Gasteiger partial charge >= 0.3 is 0 Å². The molecule has 2 rings (SSSR count). The molecule has 14 heavy (non-hydrogen) atoms. The van der Waals surface area contributed by atoms with Crippen LogP contribution in [-0.4, -0.2) is 31.1 Å². The van der Waals surface area contributed by atoms with Crippen LogP contribution in [0.5, 0.6) is 0 Å². The van der Waals surface area contributed by atoms with E-state index in [-0.39, 0.29) is 0 Å². The average Bonchev–Trinajstić information content (AvgIpc) is 2.47. The lowest BCUT2D eigenvalue weighted by atomic mass is 10.2.